The first kappa shape index (κ1) is 29.8. The SMILES string of the molecule is C=CCCCOC(=O)[C@@H]1[C@@H]2CC(C)C3(S2)C(C(=O)N(CC=C)C(C)CCC)N([C@@H](CO)C(C)C)C(=O)[C@H]13. The third-order valence-electron chi connectivity index (χ3n) is 8.65. The van der Waals surface area contributed by atoms with Gasteiger partial charge in [-0.2, -0.15) is 0 Å². The number of hydrogen-bond donors (Lipinski definition) is 1. The molecule has 0 aromatic carbocycles. The van der Waals surface area contributed by atoms with Crippen molar-refractivity contribution in [3.8, 4) is 0 Å². The molecular formula is C29H46N2O5S. The van der Waals surface area contributed by atoms with Crippen molar-refractivity contribution in [3.05, 3.63) is 25.3 Å². The molecule has 3 fully saturated rings. The Balaban J connectivity index is 2.07. The van der Waals surface area contributed by atoms with Gasteiger partial charge in [0.2, 0.25) is 11.8 Å². The number of allylic oxidation sites excluding steroid dienone is 1. The predicted octanol–water partition coefficient (Wildman–Crippen LogP) is 4.05. The highest BCUT2D eigenvalue weighted by molar-refractivity contribution is 8.02. The minimum absolute atomic E-state index is 0.0148. The van der Waals surface area contributed by atoms with Crippen LogP contribution in [0, 0.1) is 23.7 Å². The van der Waals surface area contributed by atoms with E-state index >= 15 is 0 Å². The molecule has 2 bridgehead atoms. The minimum atomic E-state index is -0.743. The van der Waals surface area contributed by atoms with E-state index in [4.69, 9.17) is 4.74 Å². The van der Waals surface area contributed by atoms with Crippen LogP contribution in [-0.2, 0) is 19.1 Å². The van der Waals surface area contributed by atoms with E-state index < -0.39 is 28.7 Å². The van der Waals surface area contributed by atoms with Crippen LogP contribution in [0.3, 0.4) is 0 Å². The van der Waals surface area contributed by atoms with Crippen LogP contribution in [0.1, 0.15) is 66.7 Å². The van der Waals surface area contributed by atoms with E-state index in [1.807, 2.05) is 25.7 Å². The minimum Gasteiger partial charge on any atom is -0.465 e. The number of nitrogens with zero attached hydrogens (tertiary/aromatic N) is 2. The second-order valence-electron chi connectivity index (χ2n) is 11.3. The van der Waals surface area contributed by atoms with Gasteiger partial charge in [-0.05, 0) is 44.4 Å². The summed E-state index contributed by atoms with van der Waals surface area (Å²) in [6.45, 7) is 18.2. The summed E-state index contributed by atoms with van der Waals surface area (Å²) in [6, 6.07) is -1.27. The van der Waals surface area contributed by atoms with Gasteiger partial charge in [0.1, 0.15) is 6.04 Å². The van der Waals surface area contributed by atoms with Crippen molar-refractivity contribution in [2.45, 2.75) is 94.8 Å². The quantitative estimate of drug-likeness (QED) is 0.206. The zero-order valence-corrected chi connectivity index (χ0v) is 24.0. The maximum atomic E-state index is 14.5. The summed E-state index contributed by atoms with van der Waals surface area (Å²) in [5.41, 5.74) is 0. The Hall–Kier alpha value is -1.80. The van der Waals surface area contributed by atoms with Crippen molar-refractivity contribution in [2.24, 2.45) is 23.7 Å². The van der Waals surface area contributed by atoms with Crippen molar-refractivity contribution in [1.29, 1.82) is 0 Å². The number of hydrogen-bond acceptors (Lipinski definition) is 6. The molecule has 8 heteroatoms. The van der Waals surface area contributed by atoms with Crippen LogP contribution in [0.4, 0.5) is 0 Å². The molecule has 0 aromatic rings. The monoisotopic (exact) mass is 534 g/mol. The lowest BCUT2D eigenvalue weighted by molar-refractivity contribution is -0.155. The molecule has 3 rings (SSSR count). The number of esters is 1. The van der Waals surface area contributed by atoms with Gasteiger partial charge in [-0.15, -0.1) is 24.9 Å². The molecule has 2 amide bonds. The fourth-order valence-electron chi connectivity index (χ4n) is 6.84. The zero-order chi connectivity index (χ0) is 27.5. The lowest BCUT2D eigenvalue weighted by Crippen LogP contribution is -2.61. The van der Waals surface area contributed by atoms with Crippen LogP contribution < -0.4 is 0 Å². The van der Waals surface area contributed by atoms with Crippen LogP contribution >= 0.6 is 11.8 Å². The van der Waals surface area contributed by atoms with Gasteiger partial charge in [-0.25, -0.2) is 0 Å². The summed E-state index contributed by atoms with van der Waals surface area (Å²) in [5.74, 6) is -1.83. The highest BCUT2D eigenvalue weighted by atomic mass is 32.2. The molecule has 0 radical (unpaired) electrons. The zero-order valence-electron chi connectivity index (χ0n) is 23.2. The Morgan fingerprint density at radius 2 is 2.00 bits per heavy atom. The summed E-state index contributed by atoms with van der Waals surface area (Å²) in [6.07, 6.45) is 7.51. The van der Waals surface area contributed by atoms with Crippen LogP contribution in [0.2, 0.25) is 0 Å². The lowest BCUT2D eigenvalue weighted by Gasteiger charge is -2.43. The number of unbranched alkanes of at least 4 members (excludes halogenated alkanes) is 1. The number of carbonyl (C=O) groups is 3. The molecule has 1 spiro atoms. The second-order valence-corrected chi connectivity index (χ2v) is 12.9. The highest BCUT2D eigenvalue weighted by Gasteiger charge is 2.77. The molecule has 0 aromatic heterocycles. The van der Waals surface area contributed by atoms with Gasteiger partial charge in [0.05, 0.1) is 35.8 Å². The fourth-order valence-corrected chi connectivity index (χ4v) is 9.23. The Labute approximate surface area is 227 Å². The van der Waals surface area contributed by atoms with E-state index in [1.54, 1.807) is 28.8 Å². The van der Waals surface area contributed by atoms with Gasteiger partial charge in [0, 0.05) is 17.8 Å². The van der Waals surface area contributed by atoms with E-state index in [1.165, 1.54) is 0 Å². The van der Waals surface area contributed by atoms with Crippen molar-refractivity contribution in [3.63, 3.8) is 0 Å². The van der Waals surface area contributed by atoms with Gasteiger partial charge in [-0.1, -0.05) is 46.3 Å². The van der Waals surface area contributed by atoms with Crippen molar-refractivity contribution >= 4 is 29.5 Å². The predicted molar refractivity (Wildman–Crippen MR) is 148 cm³/mol. The average molecular weight is 535 g/mol. The number of aliphatic hydroxyl groups is 1. The Morgan fingerprint density at radius 1 is 1.30 bits per heavy atom. The van der Waals surface area contributed by atoms with E-state index in [9.17, 15) is 19.5 Å². The third kappa shape index (κ3) is 5.12. The molecule has 3 saturated heterocycles. The van der Waals surface area contributed by atoms with Gasteiger partial charge < -0.3 is 19.6 Å². The molecule has 1 N–H and O–H groups in total. The molecule has 37 heavy (non-hydrogen) atoms. The topological polar surface area (TPSA) is 87.2 Å². The molecule has 208 valence electrons. The first-order chi connectivity index (χ1) is 17.6. The Morgan fingerprint density at radius 3 is 2.57 bits per heavy atom. The fraction of sp³-hybridized carbons (Fsp3) is 0.759. The smallest absolute Gasteiger partial charge is 0.310 e. The number of ether oxygens (including phenoxy) is 1. The number of carbonyl (C=O) groups excluding carboxylic acids is 3. The molecular weight excluding hydrogens is 488 g/mol. The van der Waals surface area contributed by atoms with Crippen LogP contribution in [0.15, 0.2) is 25.3 Å². The maximum absolute atomic E-state index is 14.5. The molecule has 7 nitrogen and oxygen atoms in total. The van der Waals surface area contributed by atoms with Gasteiger partial charge in [-0.3, -0.25) is 14.4 Å². The number of thioether (sulfide) groups is 1. The van der Waals surface area contributed by atoms with Crippen LogP contribution in [0.25, 0.3) is 0 Å². The Kier molecular flexibility index (Phi) is 9.95. The summed E-state index contributed by atoms with van der Waals surface area (Å²) in [5, 5.41) is 10.4. The third-order valence-corrected chi connectivity index (χ3v) is 10.7. The summed E-state index contributed by atoms with van der Waals surface area (Å²) < 4.78 is 4.94. The van der Waals surface area contributed by atoms with Gasteiger partial charge in [0.25, 0.3) is 0 Å². The molecule has 0 aliphatic carbocycles. The second kappa shape index (κ2) is 12.4. The molecule has 0 saturated carbocycles. The first-order valence-electron chi connectivity index (χ1n) is 13.9. The van der Waals surface area contributed by atoms with Crippen LogP contribution in [0.5, 0.6) is 0 Å². The summed E-state index contributed by atoms with van der Waals surface area (Å²) in [4.78, 5) is 45.7. The van der Waals surface area contributed by atoms with Gasteiger partial charge >= 0.3 is 5.97 Å². The highest BCUT2D eigenvalue weighted by Crippen LogP contribution is 2.69. The Bertz CT molecular complexity index is 878. The first-order valence-corrected chi connectivity index (χ1v) is 14.8. The lowest BCUT2D eigenvalue weighted by atomic mass is 9.66. The van der Waals surface area contributed by atoms with Crippen LogP contribution in [-0.4, -0.2) is 80.6 Å². The summed E-state index contributed by atoms with van der Waals surface area (Å²) >= 11 is 1.65. The van der Waals surface area contributed by atoms with E-state index in [0.29, 0.717) is 19.6 Å². The van der Waals surface area contributed by atoms with E-state index in [-0.39, 0.29) is 47.5 Å². The number of likely N-dealkylation sites (tertiary alicyclic amines) is 1. The normalized spacial score (nSPS) is 31.8. The molecule has 3 heterocycles. The average Bonchev–Trinajstić information content (AvgIpc) is 3.44. The molecule has 8 atom stereocenters. The number of aliphatic hydroxyl groups excluding tert-OH is 1. The molecule has 3 aliphatic rings. The standard InChI is InChI=1S/C29H46N2O5S/c1-8-11-12-15-36-28(35)23-22-16-19(6)29(37-22)24(23)26(33)31(21(17-32)18(4)5)25(29)27(34)30(14-10-3)20(7)13-9-2/h8,10,18-25,32H,1,3,9,11-17H2,2,4-7H3/t19?,20?,21-,22-,23+,24-,25?,29?/m0/s1. The van der Waals surface area contributed by atoms with Crippen molar-refractivity contribution < 1.29 is 24.2 Å². The number of rotatable bonds is 14. The van der Waals surface area contributed by atoms with Crippen molar-refractivity contribution in [2.75, 3.05) is 19.8 Å². The van der Waals surface area contributed by atoms with E-state index in [2.05, 4.69) is 27.0 Å². The van der Waals surface area contributed by atoms with Gasteiger partial charge in [0.15, 0.2) is 0 Å². The van der Waals surface area contributed by atoms with Crippen molar-refractivity contribution in [1.82, 2.24) is 9.80 Å². The maximum Gasteiger partial charge on any atom is 0.310 e. The number of fused-ring (bicyclic) bond motifs is 1. The largest absolute Gasteiger partial charge is 0.465 e. The molecule has 3 aliphatic heterocycles. The molecule has 4 unspecified atom stereocenters. The summed E-state index contributed by atoms with van der Waals surface area (Å²) in [7, 11) is 0. The van der Waals surface area contributed by atoms with E-state index in [0.717, 1.165) is 25.7 Å². The number of amides is 2.